The lowest BCUT2D eigenvalue weighted by Gasteiger charge is -2.28. The van der Waals surface area contributed by atoms with Gasteiger partial charge in [-0.1, -0.05) is 39.5 Å². The molecule has 2 rings (SSSR count). The van der Waals surface area contributed by atoms with Crippen LogP contribution in [0.1, 0.15) is 90.9 Å². The molecule has 162 valence electrons. The quantitative estimate of drug-likeness (QED) is 0.528. The van der Waals surface area contributed by atoms with Gasteiger partial charge in [0.1, 0.15) is 12.2 Å². The largest absolute Gasteiger partial charge is 0.446 e. The molecule has 0 aromatic carbocycles. The summed E-state index contributed by atoms with van der Waals surface area (Å²) in [4.78, 5) is 23.7. The molecule has 28 heavy (non-hydrogen) atoms. The minimum Gasteiger partial charge on any atom is -0.446 e. The highest BCUT2D eigenvalue weighted by molar-refractivity contribution is 5.67. The highest BCUT2D eigenvalue weighted by Crippen LogP contribution is 2.27. The van der Waals surface area contributed by atoms with E-state index in [0.717, 1.165) is 64.2 Å². The van der Waals surface area contributed by atoms with Crippen LogP contribution in [0, 0.1) is 11.8 Å². The first kappa shape index (κ1) is 22.8. The summed E-state index contributed by atoms with van der Waals surface area (Å²) in [6.45, 7) is 5.62. The first-order chi connectivity index (χ1) is 13.6. The van der Waals surface area contributed by atoms with Crippen LogP contribution in [-0.4, -0.2) is 37.5 Å². The number of hydrogen-bond acceptors (Lipinski definition) is 4. The Morgan fingerprint density at radius 3 is 1.46 bits per heavy atom. The second-order valence-electron chi connectivity index (χ2n) is 8.68. The molecular formula is C22H40N2O4. The fourth-order valence-corrected chi connectivity index (χ4v) is 4.26. The van der Waals surface area contributed by atoms with Gasteiger partial charge in [0.25, 0.3) is 0 Å². The van der Waals surface area contributed by atoms with Crippen molar-refractivity contribution >= 4 is 12.2 Å². The number of hydrogen-bond donors (Lipinski definition) is 2. The minimum atomic E-state index is -0.278. The smallest absolute Gasteiger partial charge is 0.407 e. The van der Waals surface area contributed by atoms with E-state index in [1.807, 2.05) is 0 Å². The van der Waals surface area contributed by atoms with Gasteiger partial charge in [0.15, 0.2) is 0 Å². The molecule has 0 bridgehead atoms. The molecule has 0 radical (unpaired) electrons. The van der Waals surface area contributed by atoms with Gasteiger partial charge in [-0.15, -0.1) is 0 Å². The van der Waals surface area contributed by atoms with Crippen LogP contribution in [0.25, 0.3) is 0 Å². The first-order valence-electron chi connectivity index (χ1n) is 11.4. The van der Waals surface area contributed by atoms with Crippen molar-refractivity contribution in [3.8, 4) is 0 Å². The van der Waals surface area contributed by atoms with E-state index in [1.165, 1.54) is 12.8 Å². The minimum absolute atomic E-state index is 0.0798. The summed E-state index contributed by atoms with van der Waals surface area (Å²) < 4.78 is 11.1. The Bertz CT molecular complexity index is 429. The lowest BCUT2D eigenvalue weighted by Crippen LogP contribution is -2.34. The molecule has 0 spiro atoms. The van der Waals surface area contributed by atoms with Crippen molar-refractivity contribution in [1.82, 2.24) is 10.6 Å². The second-order valence-corrected chi connectivity index (χ2v) is 8.68. The Balaban J connectivity index is 1.41. The summed E-state index contributed by atoms with van der Waals surface area (Å²) in [5, 5.41) is 5.72. The third-order valence-electron chi connectivity index (χ3n) is 6.22. The Labute approximate surface area is 170 Å². The highest BCUT2D eigenvalue weighted by atomic mass is 16.6. The third kappa shape index (κ3) is 8.70. The van der Waals surface area contributed by atoms with E-state index in [9.17, 15) is 9.59 Å². The number of carbonyl (C=O) groups excluding carboxylic acids is 2. The van der Waals surface area contributed by atoms with Crippen molar-refractivity contribution in [2.75, 3.05) is 13.1 Å². The zero-order valence-electron chi connectivity index (χ0n) is 17.8. The van der Waals surface area contributed by atoms with Crippen LogP contribution in [0.2, 0.25) is 0 Å². The van der Waals surface area contributed by atoms with Crippen molar-refractivity contribution < 1.29 is 19.1 Å². The SMILES string of the molecule is CC1CCCCC1OC(=O)NCCCCCCNC(=O)OC1CCCCC1C. The van der Waals surface area contributed by atoms with Gasteiger partial charge in [0.05, 0.1) is 0 Å². The zero-order valence-corrected chi connectivity index (χ0v) is 17.8. The molecule has 2 aliphatic carbocycles. The topological polar surface area (TPSA) is 76.7 Å². The highest BCUT2D eigenvalue weighted by Gasteiger charge is 2.25. The van der Waals surface area contributed by atoms with Crippen LogP contribution < -0.4 is 10.6 Å². The molecule has 2 aliphatic rings. The van der Waals surface area contributed by atoms with E-state index in [0.29, 0.717) is 24.9 Å². The van der Waals surface area contributed by atoms with Gasteiger partial charge in [0, 0.05) is 13.1 Å². The number of rotatable bonds is 9. The molecule has 6 heteroatoms. The predicted octanol–water partition coefficient (Wildman–Crippen LogP) is 5.16. The standard InChI is InChI=1S/C22H40N2O4/c1-17-11-5-7-13-19(17)27-21(25)23-15-9-3-4-10-16-24-22(26)28-20-14-8-6-12-18(20)2/h17-20H,3-16H2,1-2H3,(H,23,25)(H,24,26). The molecule has 2 fully saturated rings. The summed E-state index contributed by atoms with van der Waals surface area (Å²) in [7, 11) is 0. The van der Waals surface area contributed by atoms with E-state index >= 15 is 0 Å². The van der Waals surface area contributed by atoms with E-state index in [1.54, 1.807) is 0 Å². The Morgan fingerprint density at radius 2 is 1.07 bits per heavy atom. The maximum absolute atomic E-state index is 11.9. The van der Waals surface area contributed by atoms with Crippen molar-refractivity contribution in [3.05, 3.63) is 0 Å². The number of ether oxygens (including phenoxy) is 2. The average molecular weight is 397 g/mol. The van der Waals surface area contributed by atoms with Gasteiger partial charge in [0.2, 0.25) is 0 Å². The van der Waals surface area contributed by atoms with Crippen LogP contribution in [0.15, 0.2) is 0 Å². The Morgan fingerprint density at radius 1 is 0.679 bits per heavy atom. The monoisotopic (exact) mass is 396 g/mol. The predicted molar refractivity (Wildman–Crippen MR) is 110 cm³/mol. The molecule has 0 aromatic rings. The maximum Gasteiger partial charge on any atom is 0.407 e. The fraction of sp³-hybridized carbons (Fsp3) is 0.909. The van der Waals surface area contributed by atoms with Crippen molar-refractivity contribution in [1.29, 1.82) is 0 Å². The van der Waals surface area contributed by atoms with E-state index in [-0.39, 0.29) is 24.4 Å². The van der Waals surface area contributed by atoms with Crippen LogP contribution >= 0.6 is 0 Å². The molecule has 2 saturated carbocycles. The van der Waals surface area contributed by atoms with Crippen molar-refractivity contribution in [2.24, 2.45) is 11.8 Å². The number of alkyl carbamates (subject to hydrolysis) is 2. The number of nitrogens with one attached hydrogen (secondary N) is 2. The average Bonchev–Trinajstić information content (AvgIpc) is 2.67. The molecule has 4 unspecified atom stereocenters. The Kier molecular flexibility index (Phi) is 10.5. The van der Waals surface area contributed by atoms with Crippen molar-refractivity contribution in [3.63, 3.8) is 0 Å². The molecule has 0 saturated heterocycles. The first-order valence-corrected chi connectivity index (χ1v) is 11.4. The van der Waals surface area contributed by atoms with Crippen LogP contribution in [0.3, 0.4) is 0 Å². The molecule has 2 N–H and O–H groups in total. The van der Waals surface area contributed by atoms with Gasteiger partial charge < -0.3 is 20.1 Å². The van der Waals surface area contributed by atoms with Crippen LogP contribution in [0.4, 0.5) is 9.59 Å². The normalized spacial score (nSPS) is 27.6. The second kappa shape index (κ2) is 12.9. The van der Waals surface area contributed by atoms with Gasteiger partial charge >= 0.3 is 12.2 Å². The molecule has 6 nitrogen and oxygen atoms in total. The molecule has 4 atom stereocenters. The van der Waals surface area contributed by atoms with Gasteiger partial charge in [-0.3, -0.25) is 0 Å². The van der Waals surface area contributed by atoms with Crippen molar-refractivity contribution in [2.45, 2.75) is 103 Å². The van der Waals surface area contributed by atoms with Gasteiger partial charge in [-0.25, -0.2) is 9.59 Å². The molecule has 0 aromatic heterocycles. The van der Waals surface area contributed by atoms with Gasteiger partial charge in [-0.05, 0) is 63.2 Å². The maximum atomic E-state index is 11.9. The van der Waals surface area contributed by atoms with Gasteiger partial charge in [-0.2, -0.15) is 0 Å². The third-order valence-corrected chi connectivity index (χ3v) is 6.22. The lowest BCUT2D eigenvalue weighted by molar-refractivity contribution is 0.0429. The van der Waals surface area contributed by atoms with Crippen LogP contribution in [0.5, 0.6) is 0 Å². The molecule has 0 heterocycles. The summed E-state index contributed by atoms with van der Waals surface area (Å²) in [5.41, 5.74) is 0. The van der Waals surface area contributed by atoms with E-state index in [2.05, 4.69) is 24.5 Å². The van der Waals surface area contributed by atoms with Crippen LogP contribution in [-0.2, 0) is 9.47 Å². The molecule has 0 aliphatic heterocycles. The molecule has 2 amide bonds. The summed E-state index contributed by atoms with van der Waals surface area (Å²) in [6.07, 6.45) is 12.6. The summed E-state index contributed by atoms with van der Waals surface area (Å²) >= 11 is 0. The molecular weight excluding hydrogens is 356 g/mol. The number of unbranched alkanes of at least 4 members (excludes halogenated alkanes) is 3. The summed E-state index contributed by atoms with van der Waals surface area (Å²) in [5.74, 6) is 0.944. The zero-order chi connectivity index (χ0) is 20.2. The summed E-state index contributed by atoms with van der Waals surface area (Å²) in [6, 6.07) is 0. The van der Waals surface area contributed by atoms with E-state index in [4.69, 9.17) is 9.47 Å². The number of carbonyl (C=O) groups is 2. The number of amides is 2. The lowest BCUT2D eigenvalue weighted by atomic mass is 9.88. The fourth-order valence-electron chi connectivity index (χ4n) is 4.26. The Hall–Kier alpha value is -1.46. The van der Waals surface area contributed by atoms with E-state index < -0.39 is 0 Å².